The minimum absolute atomic E-state index is 0.00221. The highest BCUT2D eigenvalue weighted by atomic mass is 16.5. The van der Waals surface area contributed by atoms with Crippen molar-refractivity contribution in [2.45, 2.75) is 19.4 Å². The zero-order valence-electron chi connectivity index (χ0n) is 15.8. The van der Waals surface area contributed by atoms with E-state index >= 15 is 0 Å². The van der Waals surface area contributed by atoms with Gasteiger partial charge in [-0.1, -0.05) is 24.3 Å². The highest BCUT2D eigenvalue weighted by Crippen LogP contribution is 2.31. The molecule has 0 saturated carbocycles. The summed E-state index contributed by atoms with van der Waals surface area (Å²) in [6.07, 6.45) is -0.727. The number of hydrogen-bond donors (Lipinski definition) is 1. The maximum absolute atomic E-state index is 12.3. The predicted molar refractivity (Wildman–Crippen MR) is 106 cm³/mol. The molecule has 8 heteroatoms. The molecule has 0 saturated heterocycles. The van der Waals surface area contributed by atoms with E-state index < -0.39 is 12.1 Å². The number of nitrogens with zero attached hydrogens (tertiary/aromatic N) is 2. The lowest BCUT2D eigenvalue weighted by Gasteiger charge is -2.29. The number of carbonyl (C=O) groups excluding carboxylic acids is 2. The van der Waals surface area contributed by atoms with Crippen molar-refractivity contribution in [2.24, 2.45) is 0 Å². The van der Waals surface area contributed by atoms with Gasteiger partial charge in [0.1, 0.15) is 5.75 Å². The number of H-pyrrole nitrogens is 1. The predicted octanol–water partition coefficient (Wildman–Crippen LogP) is 2.34. The maximum atomic E-state index is 12.3. The van der Waals surface area contributed by atoms with Gasteiger partial charge in [0.05, 0.1) is 23.0 Å². The topological polar surface area (TPSA) is 102 Å². The molecule has 148 valence electrons. The van der Waals surface area contributed by atoms with Crippen molar-refractivity contribution in [3.63, 3.8) is 0 Å². The lowest BCUT2D eigenvalue weighted by Crippen LogP contribution is -2.40. The third-order valence-corrected chi connectivity index (χ3v) is 4.67. The third-order valence-electron chi connectivity index (χ3n) is 4.67. The number of para-hydroxylation sites is 3. The molecule has 8 nitrogen and oxygen atoms in total. The molecule has 4 rings (SSSR count). The van der Waals surface area contributed by atoms with Gasteiger partial charge in [-0.25, -0.2) is 4.98 Å². The quantitative estimate of drug-likeness (QED) is 0.668. The van der Waals surface area contributed by atoms with Crippen LogP contribution in [0.5, 0.6) is 5.75 Å². The van der Waals surface area contributed by atoms with Gasteiger partial charge in [0.25, 0.3) is 11.5 Å². The molecule has 3 aromatic rings. The van der Waals surface area contributed by atoms with Gasteiger partial charge in [-0.05, 0) is 31.2 Å². The Morgan fingerprint density at radius 3 is 2.83 bits per heavy atom. The van der Waals surface area contributed by atoms with Crippen molar-refractivity contribution in [1.82, 2.24) is 9.97 Å². The molecule has 0 spiro atoms. The van der Waals surface area contributed by atoms with Crippen molar-refractivity contribution in [1.29, 1.82) is 0 Å². The first-order valence-corrected chi connectivity index (χ1v) is 9.23. The second kappa shape index (κ2) is 7.75. The minimum atomic E-state index is -0.729. The van der Waals surface area contributed by atoms with Crippen LogP contribution in [-0.2, 0) is 14.3 Å². The van der Waals surface area contributed by atoms with E-state index in [-0.39, 0.29) is 36.9 Å². The molecule has 1 aromatic heterocycles. The average molecular weight is 393 g/mol. The molecule has 2 aromatic carbocycles. The first-order chi connectivity index (χ1) is 14.0. The smallest absolute Gasteiger partial charge is 0.308 e. The van der Waals surface area contributed by atoms with Gasteiger partial charge in [-0.3, -0.25) is 14.4 Å². The second-order valence-electron chi connectivity index (χ2n) is 6.65. The SMILES string of the molecule is C[C@H](OC(=O)CCN1C(=O)COc2ccccc21)c1nc2ccccc2c(=O)[nH]1. The Hall–Kier alpha value is -3.68. The van der Waals surface area contributed by atoms with Crippen molar-refractivity contribution in [3.05, 3.63) is 64.7 Å². The molecule has 0 unspecified atom stereocenters. The Balaban J connectivity index is 1.43. The number of hydrogen-bond acceptors (Lipinski definition) is 6. The summed E-state index contributed by atoms with van der Waals surface area (Å²) in [4.78, 5) is 45.2. The minimum Gasteiger partial charge on any atom is -0.482 e. The Kier molecular flexibility index (Phi) is 4.99. The Morgan fingerprint density at radius 1 is 1.21 bits per heavy atom. The van der Waals surface area contributed by atoms with Crippen LogP contribution >= 0.6 is 0 Å². The number of benzene rings is 2. The van der Waals surface area contributed by atoms with Crippen LogP contribution in [0.4, 0.5) is 5.69 Å². The van der Waals surface area contributed by atoms with Crippen LogP contribution in [0.15, 0.2) is 53.3 Å². The fourth-order valence-corrected chi connectivity index (χ4v) is 3.21. The molecular weight excluding hydrogens is 374 g/mol. The summed E-state index contributed by atoms with van der Waals surface area (Å²) in [6.45, 7) is 1.75. The van der Waals surface area contributed by atoms with E-state index in [2.05, 4.69) is 9.97 Å². The van der Waals surface area contributed by atoms with Crippen LogP contribution in [0, 0.1) is 0 Å². The molecule has 1 atom stereocenters. The average Bonchev–Trinajstić information content (AvgIpc) is 2.73. The summed E-state index contributed by atoms with van der Waals surface area (Å²) in [5, 5.41) is 0.472. The Bertz CT molecular complexity index is 1140. The summed E-state index contributed by atoms with van der Waals surface area (Å²) in [6, 6.07) is 14.1. The van der Waals surface area contributed by atoms with E-state index in [1.54, 1.807) is 49.4 Å². The van der Waals surface area contributed by atoms with Crippen LogP contribution in [-0.4, -0.2) is 35.0 Å². The summed E-state index contributed by atoms with van der Waals surface area (Å²) >= 11 is 0. The molecule has 1 aliphatic heterocycles. The van der Waals surface area contributed by atoms with E-state index in [0.717, 1.165) is 0 Å². The van der Waals surface area contributed by atoms with Crippen molar-refractivity contribution >= 4 is 28.5 Å². The number of nitrogens with one attached hydrogen (secondary N) is 1. The monoisotopic (exact) mass is 393 g/mol. The highest BCUT2D eigenvalue weighted by molar-refractivity contribution is 5.98. The van der Waals surface area contributed by atoms with Crippen molar-refractivity contribution < 1.29 is 19.1 Å². The van der Waals surface area contributed by atoms with Gasteiger partial charge in [-0.2, -0.15) is 0 Å². The molecule has 0 fully saturated rings. The number of esters is 1. The zero-order valence-corrected chi connectivity index (χ0v) is 15.8. The second-order valence-corrected chi connectivity index (χ2v) is 6.65. The normalized spacial score (nSPS) is 14.2. The third kappa shape index (κ3) is 3.82. The fourth-order valence-electron chi connectivity index (χ4n) is 3.21. The van der Waals surface area contributed by atoms with E-state index in [0.29, 0.717) is 22.3 Å². The number of anilines is 1. The van der Waals surface area contributed by atoms with Crippen molar-refractivity contribution in [2.75, 3.05) is 18.1 Å². The number of amides is 1. The lowest BCUT2D eigenvalue weighted by molar-refractivity contribution is -0.148. The molecule has 1 aliphatic rings. The zero-order chi connectivity index (χ0) is 20.4. The van der Waals surface area contributed by atoms with Gasteiger partial charge < -0.3 is 19.4 Å². The Labute approximate surface area is 166 Å². The molecule has 2 heterocycles. The molecule has 0 radical (unpaired) electrons. The van der Waals surface area contributed by atoms with Crippen LogP contribution in [0.2, 0.25) is 0 Å². The summed E-state index contributed by atoms with van der Waals surface area (Å²) in [7, 11) is 0. The summed E-state index contributed by atoms with van der Waals surface area (Å²) in [5.74, 6) is 0.164. The molecular formula is C21H19N3O5. The number of aromatic amines is 1. The summed E-state index contributed by atoms with van der Waals surface area (Å²) < 4.78 is 10.8. The van der Waals surface area contributed by atoms with E-state index in [4.69, 9.17) is 9.47 Å². The standard InChI is InChI=1S/C21H19N3O5/c1-13(20-22-15-7-3-2-6-14(15)21(27)23-20)29-19(26)10-11-24-16-8-4-5-9-17(16)28-12-18(24)25/h2-9,13H,10-12H2,1H3,(H,22,23,27)/t13-/m0/s1. The van der Waals surface area contributed by atoms with E-state index in [9.17, 15) is 14.4 Å². The number of rotatable bonds is 5. The van der Waals surface area contributed by atoms with Crippen LogP contribution in [0.25, 0.3) is 10.9 Å². The fraction of sp³-hybridized carbons (Fsp3) is 0.238. The van der Waals surface area contributed by atoms with Gasteiger partial charge in [0.2, 0.25) is 0 Å². The number of ether oxygens (including phenoxy) is 2. The maximum Gasteiger partial charge on any atom is 0.308 e. The van der Waals surface area contributed by atoms with Crippen molar-refractivity contribution in [3.8, 4) is 5.75 Å². The Morgan fingerprint density at radius 2 is 1.97 bits per heavy atom. The molecule has 0 aliphatic carbocycles. The lowest BCUT2D eigenvalue weighted by atomic mass is 10.2. The largest absolute Gasteiger partial charge is 0.482 e. The number of fused-ring (bicyclic) bond motifs is 2. The van der Waals surface area contributed by atoms with Gasteiger partial charge in [0, 0.05) is 6.54 Å². The molecule has 1 N–H and O–H groups in total. The van der Waals surface area contributed by atoms with E-state index in [1.807, 2.05) is 6.07 Å². The number of carbonyl (C=O) groups is 2. The highest BCUT2D eigenvalue weighted by Gasteiger charge is 2.26. The first-order valence-electron chi connectivity index (χ1n) is 9.23. The molecule has 29 heavy (non-hydrogen) atoms. The van der Waals surface area contributed by atoms with Crippen LogP contribution in [0.1, 0.15) is 25.3 Å². The van der Waals surface area contributed by atoms with Gasteiger partial charge in [0.15, 0.2) is 18.5 Å². The van der Waals surface area contributed by atoms with Gasteiger partial charge >= 0.3 is 5.97 Å². The summed E-state index contributed by atoms with van der Waals surface area (Å²) in [5.41, 5.74) is 0.874. The van der Waals surface area contributed by atoms with Gasteiger partial charge in [-0.15, -0.1) is 0 Å². The van der Waals surface area contributed by atoms with Crippen LogP contribution in [0.3, 0.4) is 0 Å². The first kappa shape index (κ1) is 18.7. The molecule has 1 amide bonds. The van der Waals surface area contributed by atoms with Crippen LogP contribution < -0.4 is 15.2 Å². The van der Waals surface area contributed by atoms with E-state index in [1.165, 1.54) is 4.90 Å². The number of aromatic nitrogens is 2. The molecule has 0 bridgehead atoms.